The van der Waals surface area contributed by atoms with Gasteiger partial charge in [0.05, 0.1) is 36.2 Å². The van der Waals surface area contributed by atoms with E-state index in [1.165, 1.54) is 19.2 Å². The van der Waals surface area contributed by atoms with E-state index in [0.29, 0.717) is 17.9 Å². The highest BCUT2D eigenvalue weighted by atomic mass is 19.1. The van der Waals surface area contributed by atoms with Gasteiger partial charge in [-0.15, -0.1) is 0 Å². The molecule has 4 heterocycles. The van der Waals surface area contributed by atoms with Crippen molar-refractivity contribution in [1.82, 2.24) is 30.0 Å². The number of benzene rings is 2. The molecule has 0 unspecified atom stereocenters. The van der Waals surface area contributed by atoms with Crippen molar-refractivity contribution < 1.29 is 13.9 Å². The second-order valence-electron chi connectivity index (χ2n) is 9.60. The maximum absolute atomic E-state index is 14.3. The van der Waals surface area contributed by atoms with E-state index in [1.54, 1.807) is 24.7 Å². The Labute approximate surface area is 224 Å². The average Bonchev–Trinajstić information content (AvgIpc) is 3.56. The van der Waals surface area contributed by atoms with Gasteiger partial charge < -0.3 is 19.4 Å². The first-order valence-electron chi connectivity index (χ1n) is 12.5. The lowest BCUT2D eigenvalue weighted by Crippen LogP contribution is -2.19. The van der Waals surface area contributed by atoms with Gasteiger partial charge in [0.15, 0.2) is 0 Å². The van der Waals surface area contributed by atoms with Gasteiger partial charge >= 0.3 is 0 Å². The number of hydrogen-bond acceptors (Lipinski definition) is 6. The largest absolute Gasteiger partial charge is 0.497 e. The summed E-state index contributed by atoms with van der Waals surface area (Å²) < 4.78 is 25.4. The zero-order valence-electron chi connectivity index (χ0n) is 21.8. The number of aromatic amines is 2. The van der Waals surface area contributed by atoms with Crippen molar-refractivity contribution in [2.75, 3.05) is 34.4 Å². The molecule has 0 spiro atoms. The maximum Gasteiger partial charge on any atom is 0.138 e. The number of ether oxygens (including phenoxy) is 2. The minimum atomic E-state index is -0.371. The van der Waals surface area contributed by atoms with Crippen LogP contribution in [-0.2, 0) is 0 Å². The Hall–Kier alpha value is -4.76. The number of nitrogens with zero attached hydrogens (tertiary/aromatic N) is 4. The zero-order valence-corrected chi connectivity index (χ0v) is 21.8. The van der Waals surface area contributed by atoms with Crippen molar-refractivity contribution in [3.05, 3.63) is 79.1 Å². The molecule has 2 N–H and O–H groups in total. The first kappa shape index (κ1) is 24.6. The second-order valence-corrected chi connectivity index (χ2v) is 9.60. The molecule has 0 amide bonds. The molecule has 4 aromatic heterocycles. The number of pyridine rings is 2. The number of rotatable bonds is 8. The van der Waals surface area contributed by atoms with Gasteiger partial charge in [-0.2, -0.15) is 5.10 Å². The monoisotopic (exact) mass is 522 g/mol. The SMILES string of the molecule is COc1cc(F)cc(-c2cncc3[nH]c(-c4n[nH]c5ccc(-c6cncc(OCCN(C)C)c6)cc45)cc23)c1. The average molecular weight is 523 g/mol. The lowest BCUT2D eigenvalue weighted by atomic mass is 10.0. The van der Waals surface area contributed by atoms with Crippen LogP contribution in [-0.4, -0.2) is 64.4 Å². The predicted octanol–water partition coefficient (Wildman–Crippen LogP) is 5.92. The molecule has 8 nitrogen and oxygen atoms in total. The van der Waals surface area contributed by atoms with Crippen LogP contribution in [0.5, 0.6) is 11.5 Å². The fraction of sp³-hybridized carbons (Fsp3) is 0.167. The second kappa shape index (κ2) is 10.2. The Bertz CT molecular complexity index is 1790. The molecule has 2 aromatic carbocycles. The molecule has 9 heteroatoms. The summed E-state index contributed by atoms with van der Waals surface area (Å²) in [5, 5.41) is 9.61. The van der Waals surface area contributed by atoms with Crippen molar-refractivity contribution in [2.45, 2.75) is 0 Å². The highest BCUT2D eigenvalue weighted by molar-refractivity contribution is 6.01. The van der Waals surface area contributed by atoms with Gasteiger partial charge in [-0.3, -0.25) is 15.1 Å². The quantitative estimate of drug-likeness (QED) is 0.258. The standard InChI is InChI=1S/C30H27FN6O2/c1-37(2)6-7-39-23-10-20(14-32-15-23)18-4-5-27-25(11-18)30(36-35-27)28-13-24-26(16-33-17-29(24)34-28)19-8-21(31)12-22(9-19)38-3/h4-5,8-17,34H,6-7H2,1-3H3,(H,35,36). The highest BCUT2D eigenvalue weighted by Crippen LogP contribution is 2.36. The minimum Gasteiger partial charge on any atom is -0.497 e. The lowest BCUT2D eigenvalue weighted by Gasteiger charge is -2.11. The fourth-order valence-corrected chi connectivity index (χ4v) is 4.65. The Balaban J connectivity index is 1.38. The molecule has 6 rings (SSSR count). The number of halogens is 1. The third-order valence-electron chi connectivity index (χ3n) is 6.64. The van der Waals surface area contributed by atoms with E-state index >= 15 is 0 Å². The predicted molar refractivity (Wildman–Crippen MR) is 150 cm³/mol. The number of hydrogen-bond donors (Lipinski definition) is 2. The first-order chi connectivity index (χ1) is 19.0. The number of methoxy groups -OCH3 is 1. The normalized spacial score (nSPS) is 11.5. The summed E-state index contributed by atoms with van der Waals surface area (Å²) in [6.45, 7) is 1.41. The summed E-state index contributed by atoms with van der Waals surface area (Å²) in [5.74, 6) is 0.807. The Morgan fingerprint density at radius 2 is 1.67 bits per heavy atom. The Morgan fingerprint density at radius 3 is 2.51 bits per heavy atom. The van der Waals surface area contributed by atoms with Gasteiger partial charge in [-0.05, 0) is 61.6 Å². The molecule has 0 saturated heterocycles. The molecule has 0 aliphatic rings. The lowest BCUT2D eigenvalue weighted by molar-refractivity contribution is 0.261. The molecule has 0 bridgehead atoms. The van der Waals surface area contributed by atoms with Crippen LogP contribution >= 0.6 is 0 Å². The van der Waals surface area contributed by atoms with Crippen molar-refractivity contribution >= 4 is 21.8 Å². The zero-order chi connectivity index (χ0) is 26.9. The van der Waals surface area contributed by atoms with E-state index < -0.39 is 0 Å². The number of fused-ring (bicyclic) bond motifs is 2. The van der Waals surface area contributed by atoms with Gasteiger partial charge in [0.2, 0.25) is 0 Å². The van der Waals surface area contributed by atoms with Crippen LogP contribution in [0.25, 0.3) is 55.4 Å². The van der Waals surface area contributed by atoms with E-state index in [-0.39, 0.29) is 5.82 Å². The molecule has 0 saturated carbocycles. The summed E-state index contributed by atoms with van der Waals surface area (Å²) in [6, 6.07) is 14.8. The van der Waals surface area contributed by atoms with Gasteiger partial charge in [0.1, 0.15) is 29.6 Å². The van der Waals surface area contributed by atoms with Crippen molar-refractivity contribution in [1.29, 1.82) is 0 Å². The van der Waals surface area contributed by atoms with Gasteiger partial charge in [-0.1, -0.05) is 6.07 Å². The van der Waals surface area contributed by atoms with Crippen LogP contribution in [0.2, 0.25) is 0 Å². The summed E-state index contributed by atoms with van der Waals surface area (Å²) >= 11 is 0. The van der Waals surface area contributed by atoms with Crippen LogP contribution in [0.15, 0.2) is 73.3 Å². The summed E-state index contributed by atoms with van der Waals surface area (Å²) in [4.78, 5) is 14.3. The van der Waals surface area contributed by atoms with Crippen LogP contribution < -0.4 is 9.47 Å². The first-order valence-corrected chi connectivity index (χ1v) is 12.5. The molecule has 0 fully saturated rings. The van der Waals surface area contributed by atoms with Gasteiger partial charge in [0, 0.05) is 46.9 Å². The smallest absolute Gasteiger partial charge is 0.138 e. The van der Waals surface area contributed by atoms with Crippen LogP contribution in [0, 0.1) is 5.82 Å². The molecular formula is C30H27FN6O2. The molecule has 0 aliphatic carbocycles. The van der Waals surface area contributed by atoms with E-state index in [2.05, 4.69) is 36.1 Å². The summed E-state index contributed by atoms with van der Waals surface area (Å²) in [6.07, 6.45) is 7.04. The van der Waals surface area contributed by atoms with Crippen molar-refractivity contribution in [3.63, 3.8) is 0 Å². The van der Waals surface area contributed by atoms with Gasteiger partial charge in [-0.25, -0.2) is 4.39 Å². The fourth-order valence-electron chi connectivity index (χ4n) is 4.65. The Kier molecular flexibility index (Phi) is 6.42. The van der Waals surface area contributed by atoms with Crippen molar-refractivity contribution in [3.8, 4) is 45.1 Å². The molecule has 39 heavy (non-hydrogen) atoms. The number of likely N-dealkylation sites (N-methyl/N-ethyl adjacent to an activating group) is 1. The van der Waals surface area contributed by atoms with Crippen LogP contribution in [0.3, 0.4) is 0 Å². The van der Waals surface area contributed by atoms with Gasteiger partial charge in [0.25, 0.3) is 0 Å². The topological polar surface area (TPSA) is 92.0 Å². The molecule has 6 aromatic rings. The van der Waals surface area contributed by atoms with E-state index in [4.69, 9.17) is 9.47 Å². The maximum atomic E-state index is 14.3. The van der Waals surface area contributed by atoms with E-state index in [1.807, 2.05) is 44.6 Å². The number of nitrogens with one attached hydrogen (secondary N) is 2. The number of H-pyrrole nitrogens is 2. The third-order valence-corrected chi connectivity index (χ3v) is 6.64. The Morgan fingerprint density at radius 1 is 0.821 bits per heavy atom. The minimum absolute atomic E-state index is 0.371. The summed E-state index contributed by atoms with van der Waals surface area (Å²) in [5.41, 5.74) is 6.77. The highest BCUT2D eigenvalue weighted by Gasteiger charge is 2.16. The molecular weight excluding hydrogens is 495 g/mol. The van der Waals surface area contributed by atoms with E-state index in [9.17, 15) is 4.39 Å². The molecule has 0 radical (unpaired) electrons. The van der Waals surface area contributed by atoms with E-state index in [0.717, 1.165) is 62.2 Å². The molecule has 0 atom stereocenters. The van der Waals surface area contributed by atoms with Crippen LogP contribution in [0.1, 0.15) is 0 Å². The molecule has 196 valence electrons. The third kappa shape index (κ3) is 4.92. The van der Waals surface area contributed by atoms with Crippen molar-refractivity contribution in [2.24, 2.45) is 0 Å². The summed E-state index contributed by atoms with van der Waals surface area (Å²) in [7, 11) is 5.55. The van der Waals surface area contributed by atoms with Crippen LogP contribution in [0.4, 0.5) is 4.39 Å². The molecule has 0 aliphatic heterocycles. The number of aromatic nitrogens is 5.